The SMILES string of the molecule is CNC(Cc1cccc(OC)c1F)CC1CC1. The number of ether oxygens (including phenoxy) is 1. The molecule has 94 valence electrons. The van der Waals surface area contributed by atoms with E-state index in [2.05, 4.69) is 5.32 Å². The Labute approximate surface area is 102 Å². The second kappa shape index (κ2) is 5.50. The van der Waals surface area contributed by atoms with Gasteiger partial charge in [-0.3, -0.25) is 0 Å². The molecule has 3 heteroatoms. The summed E-state index contributed by atoms with van der Waals surface area (Å²) in [5.74, 6) is 0.968. The third kappa shape index (κ3) is 3.19. The summed E-state index contributed by atoms with van der Waals surface area (Å²) in [4.78, 5) is 0. The van der Waals surface area contributed by atoms with Gasteiger partial charge in [-0.1, -0.05) is 25.0 Å². The van der Waals surface area contributed by atoms with Gasteiger partial charge in [-0.15, -0.1) is 0 Å². The Morgan fingerprint density at radius 1 is 1.47 bits per heavy atom. The van der Waals surface area contributed by atoms with Gasteiger partial charge in [0.1, 0.15) is 0 Å². The first kappa shape index (κ1) is 12.4. The van der Waals surface area contributed by atoms with Crippen LogP contribution >= 0.6 is 0 Å². The molecule has 17 heavy (non-hydrogen) atoms. The summed E-state index contributed by atoms with van der Waals surface area (Å²) in [5, 5.41) is 3.28. The average Bonchev–Trinajstić information content (AvgIpc) is 3.14. The van der Waals surface area contributed by atoms with Crippen LogP contribution in [-0.4, -0.2) is 20.2 Å². The molecule has 2 nitrogen and oxygen atoms in total. The lowest BCUT2D eigenvalue weighted by Gasteiger charge is -2.17. The van der Waals surface area contributed by atoms with Crippen molar-refractivity contribution in [2.75, 3.05) is 14.2 Å². The molecule has 1 aliphatic carbocycles. The minimum absolute atomic E-state index is 0.217. The third-order valence-corrected chi connectivity index (χ3v) is 3.45. The maximum atomic E-state index is 14.0. The number of rotatable bonds is 6. The first-order chi connectivity index (χ1) is 8.24. The van der Waals surface area contributed by atoms with Crippen molar-refractivity contribution in [3.63, 3.8) is 0 Å². The van der Waals surface area contributed by atoms with Gasteiger partial charge in [-0.05, 0) is 37.4 Å². The minimum Gasteiger partial charge on any atom is -0.494 e. The van der Waals surface area contributed by atoms with Crippen molar-refractivity contribution in [3.8, 4) is 5.75 Å². The molecule has 0 amide bonds. The van der Waals surface area contributed by atoms with E-state index in [1.807, 2.05) is 19.2 Å². The molecule has 2 rings (SSSR count). The van der Waals surface area contributed by atoms with Crippen LogP contribution in [0.2, 0.25) is 0 Å². The monoisotopic (exact) mass is 237 g/mol. The van der Waals surface area contributed by atoms with Crippen LogP contribution in [0.15, 0.2) is 18.2 Å². The Morgan fingerprint density at radius 3 is 2.82 bits per heavy atom. The summed E-state index contributed by atoms with van der Waals surface area (Å²) < 4.78 is 19.0. The van der Waals surface area contributed by atoms with Crippen molar-refractivity contribution in [2.45, 2.75) is 31.7 Å². The highest BCUT2D eigenvalue weighted by Gasteiger charge is 2.25. The van der Waals surface area contributed by atoms with E-state index in [1.54, 1.807) is 6.07 Å². The Hall–Kier alpha value is -1.09. The molecule has 0 aromatic heterocycles. The lowest BCUT2D eigenvalue weighted by Crippen LogP contribution is -2.28. The zero-order valence-corrected chi connectivity index (χ0v) is 10.5. The second-order valence-electron chi connectivity index (χ2n) is 4.80. The molecule has 1 unspecified atom stereocenters. The summed E-state index contributed by atoms with van der Waals surface area (Å²) in [6.45, 7) is 0. The molecule has 0 aliphatic heterocycles. The van der Waals surface area contributed by atoms with Crippen LogP contribution in [-0.2, 0) is 6.42 Å². The fourth-order valence-electron chi connectivity index (χ4n) is 2.20. The van der Waals surface area contributed by atoms with Gasteiger partial charge in [-0.25, -0.2) is 4.39 Å². The van der Waals surface area contributed by atoms with Crippen LogP contribution in [0.1, 0.15) is 24.8 Å². The molecule has 0 spiro atoms. The molecule has 1 atom stereocenters. The summed E-state index contributed by atoms with van der Waals surface area (Å²) in [6, 6.07) is 5.72. The molecular weight excluding hydrogens is 217 g/mol. The maximum Gasteiger partial charge on any atom is 0.168 e. The van der Waals surface area contributed by atoms with Crippen molar-refractivity contribution in [3.05, 3.63) is 29.6 Å². The van der Waals surface area contributed by atoms with E-state index in [1.165, 1.54) is 20.0 Å². The van der Waals surface area contributed by atoms with Crippen LogP contribution in [0.3, 0.4) is 0 Å². The van der Waals surface area contributed by atoms with Gasteiger partial charge < -0.3 is 10.1 Å². The second-order valence-corrected chi connectivity index (χ2v) is 4.80. The fourth-order valence-corrected chi connectivity index (χ4v) is 2.20. The smallest absolute Gasteiger partial charge is 0.168 e. The molecule has 1 aromatic carbocycles. The Kier molecular flexibility index (Phi) is 4.00. The van der Waals surface area contributed by atoms with Crippen molar-refractivity contribution >= 4 is 0 Å². The lowest BCUT2D eigenvalue weighted by atomic mass is 10.0. The van der Waals surface area contributed by atoms with E-state index in [4.69, 9.17) is 4.74 Å². The highest BCUT2D eigenvalue weighted by molar-refractivity contribution is 5.31. The topological polar surface area (TPSA) is 21.3 Å². The van der Waals surface area contributed by atoms with Crippen molar-refractivity contribution in [2.24, 2.45) is 5.92 Å². The lowest BCUT2D eigenvalue weighted by molar-refractivity contribution is 0.381. The number of likely N-dealkylation sites (N-methyl/N-ethyl adjacent to an activating group) is 1. The highest BCUT2D eigenvalue weighted by Crippen LogP contribution is 2.34. The van der Waals surface area contributed by atoms with Crippen LogP contribution in [0, 0.1) is 11.7 Å². The molecule has 1 aromatic rings. The van der Waals surface area contributed by atoms with Gasteiger partial charge in [0.2, 0.25) is 0 Å². The summed E-state index contributed by atoms with van der Waals surface area (Å²) in [7, 11) is 3.45. The van der Waals surface area contributed by atoms with E-state index in [-0.39, 0.29) is 5.82 Å². The van der Waals surface area contributed by atoms with Gasteiger partial charge in [-0.2, -0.15) is 0 Å². The van der Waals surface area contributed by atoms with E-state index >= 15 is 0 Å². The van der Waals surface area contributed by atoms with Crippen molar-refractivity contribution in [1.82, 2.24) is 5.32 Å². The molecule has 1 saturated carbocycles. The van der Waals surface area contributed by atoms with Crippen molar-refractivity contribution < 1.29 is 9.13 Å². The van der Waals surface area contributed by atoms with Crippen LogP contribution in [0.5, 0.6) is 5.75 Å². The molecule has 0 saturated heterocycles. The number of methoxy groups -OCH3 is 1. The molecule has 1 fully saturated rings. The quantitative estimate of drug-likeness (QED) is 0.821. The predicted molar refractivity (Wildman–Crippen MR) is 66.8 cm³/mol. The fraction of sp³-hybridized carbons (Fsp3) is 0.571. The molecule has 1 N–H and O–H groups in total. The van der Waals surface area contributed by atoms with Crippen LogP contribution < -0.4 is 10.1 Å². The van der Waals surface area contributed by atoms with Gasteiger partial charge in [0.25, 0.3) is 0 Å². The Bertz CT molecular complexity index is 376. The number of benzene rings is 1. The largest absolute Gasteiger partial charge is 0.494 e. The molecule has 0 bridgehead atoms. The Balaban J connectivity index is 2.04. The van der Waals surface area contributed by atoms with E-state index in [0.29, 0.717) is 11.8 Å². The van der Waals surface area contributed by atoms with Gasteiger partial charge >= 0.3 is 0 Å². The normalized spacial score (nSPS) is 16.9. The number of hydrogen-bond acceptors (Lipinski definition) is 2. The minimum atomic E-state index is -0.217. The maximum absolute atomic E-state index is 14.0. The zero-order valence-electron chi connectivity index (χ0n) is 10.5. The summed E-state index contributed by atoms with van der Waals surface area (Å²) >= 11 is 0. The standard InChI is InChI=1S/C14H20FNO/c1-16-12(8-10-6-7-10)9-11-4-3-5-13(17-2)14(11)15/h3-5,10,12,16H,6-9H2,1-2H3. The number of hydrogen-bond donors (Lipinski definition) is 1. The summed E-state index contributed by atoms with van der Waals surface area (Å²) in [6.07, 6.45) is 4.54. The van der Waals surface area contributed by atoms with E-state index < -0.39 is 0 Å². The molecule has 0 heterocycles. The van der Waals surface area contributed by atoms with Crippen molar-refractivity contribution in [1.29, 1.82) is 0 Å². The van der Waals surface area contributed by atoms with Crippen LogP contribution in [0.25, 0.3) is 0 Å². The van der Waals surface area contributed by atoms with Gasteiger partial charge in [0.05, 0.1) is 7.11 Å². The van der Waals surface area contributed by atoms with Gasteiger partial charge in [0, 0.05) is 6.04 Å². The van der Waals surface area contributed by atoms with E-state index in [0.717, 1.165) is 24.3 Å². The first-order valence-corrected chi connectivity index (χ1v) is 6.23. The first-order valence-electron chi connectivity index (χ1n) is 6.23. The van der Waals surface area contributed by atoms with Gasteiger partial charge in [0.15, 0.2) is 11.6 Å². The highest BCUT2D eigenvalue weighted by atomic mass is 19.1. The summed E-state index contributed by atoms with van der Waals surface area (Å²) in [5.41, 5.74) is 0.740. The predicted octanol–water partition coefficient (Wildman–Crippen LogP) is 2.76. The number of nitrogens with one attached hydrogen (secondary N) is 1. The molecule has 1 aliphatic rings. The van der Waals surface area contributed by atoms with Crippen LogP contribution in [0.4, 0.5) is 4.39 Å². The van der Waals surface area contributed by atoms with E-state index in [9.17, 15) is 4.39 Å². The zero-order chi connectivity index (χ0) is 12.3. The Morgan fingerprint density at radius 2 is 2.24 bits per heavy atom. The molecular formula is C14H20FNO. The number of halogens is 1. The third-order valence-electron chi connectivity index (χ3n) is 3.45. The average molecular weight is 237 g/mol. The molecule has 0 radical (unpaired) electrons.